The molecular weight excluding hydrogens is 242 g/mol. The third-order valence-corrected chi connectivity index (χ3v) is 3.52. The SMILES string of the molecule is CC(C)(C)N(CC(=O)O)C(=O)C1Cc2ccccc21. The molecule has 0 spiro atoms. The normalized spacial score (nSPS) is 17.3. The van der Waals surface area contributed by atoms with Crippen molar-refractivity contribution >= 4 is 11.9 Å². The minimum absolute atomic E-state index is 0.0893. The maximum atomic E-state index is 12.5. The summed E-state index contributed by atoms with van der Waals surface area (Å²) in [5, 5.41) is 8.97. The highest BCUT2D eigenvalue weighted by Crippen LogP contribution is 2.37. The molecule has 102 valence electrons. The van der Waals surface area contributed by atoms with E-state index in [2.05, 4.69) is 0 Å². The van der Waals surface area contributed by atoms with Crippen molar-refractivity contribution < 1.29 is 14.7 Å². The predicted molar refractivity (Wildman–Crippen MR) is 72.0 cm³/mol. The second-order valence-corrected chi connectivity index (χ2v) is 5.94. The molecule has 1 amide bonds. The van der Waals surface area contributed by atoms with Crippen molar-refractivity contribution in [3.63, 3.8) is 0 Å². The molecule has 1 aliphatic rings. The van der Waals surface area contributed by atoms with Crippen LogP contribution < -0.4 is 0 Å². The Hall–Kier alpha value is -1.84. The highest BCUT2D eigenvalue weighted by molar-refractivity contribution is 5.89. The standard InChI is InChI=1S/C15H19NO3/c1-15(2,3)16(9-13(17)18)14(19)12-8-10-6-4-5-7-11(10)12/h4-7,12H,8-9H2,1-3H3,(H,17,18). The first-order chi connectivity index (χ1) is 8.80. The van der Waals surface area contributed by atoms with Crippen molar-refractivity contribution in [2.75, 3.05) is 6.54 Å². The van der Waals surface area contributed by atoms with Gasteiger partial charge in [-0.1, -0.05) is 24.3 Å². The fraction of sp³-hybridized carbons (Fsp3) is 0.467. The van der Waals surface area contributed by atoms with E-state index in [-0.39, 0.29) is 18.4 Å². The molecule has 1 aromatic carbocycles. The summed E-state index contributed by atoms with van der Waals surface area (Å²) in [7, 11) is 0. The van der Waals surface area contributed by atoms with E-state index < -0.39 is 11.5 Å². The van der Waals surface area contributed by atoms with Crippen LogP contribution in [0.4, 0.5) is 0 Å². The molecule has 0 radical (unpaired) electrons. The average molecular weight is 261 g/mol. The maximum absolute atomic E-state index is 12.5. The smallest absolute Gasteiger partial charge is 0.323 e. The van der Waals surface area contributed by atoms with Crippen LogP contribution in [0.1, 0.15) is 37.8 Å². The van der Waals surface area contributed by atoms with Crippen molar-refractivity contribution in [2.45, 2.75) is 38.6 Å². The van der Waals surface area contributed by atoms with Gasteiger partial charge in [-0.2, -0.15) is 0 Å². The molecule has 1 unspecified atom stereocenters. The predicted octanol–water partition coefficient (Wildman–Crippen LogP) is 2.04. The van der Waals surface area contributed by atoms with E-state index in [1.807, 2.05) is 45.0 Å². The third-order valence-electron chi connectivity index (χ3n) is 3.52. The molecule has 1 aliphatic carbocycles. The van der Waals surface area contributed by atoms with Gasteiger partial charge in [-0.3, -0.25) is 9.59 Å². The zero-order valence-electron chi connectivity index (χ0n) is 11.5. The zero-order valence-corrected chi connectivity index (χ0v) is 11.5. The zero-order chi connectivity index (χ0) is 14.2. The number of amides is 1. The number of hydrogen-bond donors (Lipinski definition) is 1. The van der Waals surface area contributed by atoms with Crippen LogP contribution in [-0.4, -0.2) is 34.0 Å². The summed E-state index contributed by atoms with van der Waals surface area (Å²) in [6, 6.07) is 7.83. The molecule has 0 aliphatic heterocycles. The van der Waals surface area contributed by atoms with Crippen LogP contribution in [0.15, 0.2) is 24.3 Å². The highest BCUT2D eigenvalue weighted by Gasteiger charge is 2.38. The lowest BCUT2D eigenvalue weighted by Gasteiger charge is -2.40. The third kappa shape index (κ3) is 2.62. The number of carbonyl (C=O) groups excluding carboxylic acids is 1. The van der Waals surface area contributed by atoms with Gasteiger partial charge in [-0.25, -0.2) is 0 Å². The molecule has 4 nitrogen and oxygen atoms in total. The van der Waals surface area contributed by atoms with Gasteiger partial charge in [0.1, 0.15) is 6.54 Å². The van der Waals surface area contributed by atoms with Crippen LogP contribution in [0.5, 0.6) is 0 Å². The summed E-state index contributed by atoms with van der Waals surface area (Å²) in [4.78, 5) is 24.9. The van der Waals surface area contributed by atoms with Gasteiger partial charge >= 0.3 is 5.97 Å². The largest absolute Gasteiger partial charge is 0.480 e. The molecule has 1 N–H and O–H groups in total. The minimum atomic E-state index is -0.976. The van der Waals surface area contributed by atoms with E-state index in [1.54, 1.807) is 0 Å². The first kappa shape index (κ1) is 13.6. The molecule has 19 heavy (non-hydrogen) atoms. The lowest BCUT2D eigenvalue weighted by Crippen LogP contribution is -2.51. The first-order valence-corrected chi connectivity index (χ1v) is 6.42. The first-order valence-electron chi connectivity index (χ1n) is 6.42. The lowest BCUT2D eigenvalue weighted by molar-refractivity contribution is -0.149. The Morgan fingerprint density at radius 3 is 2.47 bits per heavy atom. The van der Waals surface area contributed by atoms with Crippen LogP contribution >= 0.6 is 0 Å². The Morgan fingerprint density at radius 2 is 1.95 bits per heavy atom. The van der Waals surface area contributed by atoms with Crippen molar-refractivity contribution in [2.24, 2.45) is 0 Å². The second-order valence-electron chi connectivity index (χ2n) is 5.94. The summed E-state index contributed by atoms with van der Waals surface area (Å²) in [6.07, 6.45) is 0.710. The van der Waals surface area contributed by atoms with Gasteiger partial charge in [-0.15, -0.1) is 0 Å². The van der Waals surface area contributed by atoms with Gasteiger partial charge in [0.25, 0.3) is 0 Å². The summed E-state index contributed by atoms with van der Waals surface area (Å²) in [5.74, 6) is -1.25. The number of carboxylic acid groups (broad SMARTS) is 1. The Balaban J connectivity index is 2.21. The topological polar surface area (TPSA) is 57.6 Å². The van der Waals surface area contributed by atoms with Crippen LogP contribution in [0.3, 0.4) is 0 Å². The van der Waals surface area contributed by atoms with Gasteiger partial charge in [0.15, 0.2) is 0 Å². The Morgan fingerprint density at radius 1 is 1.32 bits per heavy atom. The number of benzene rings is 1. The number of hydrogen-bond acceptors (Lipinski definition) is 2. The van der Waals surface area contributed by atoms with Crippen molar-refractivity contribution in [1.82, 2.24) is 4.90 Å². The summed E-state index contributed by atoms with van der Waals surface area (Å²) in [6.45, 7) is 5.33. The van der Waals surface area contributed by atoms with Crippen molar-refractivity contribution in [3.05, 3.63) is 35.4 Å². The Kier molecular flexibility index (Phi) is 3.35. The quantitative estimate of drug-likeness (QED) is 0.905. The minimum Gasteiger partial charge on any atom is -0.480 e. The van der Waals surface area contributed by atoms with Crippen LogP contribution in [0, 0.1) is 0 Å². The number of aliphatic carboxylic acids is 1. The number of nitrogens with zero attached hydrogens (tertiary/aromatic N) is 1. The van der Waals surface area contributed by atoms with E-state index in [1.165, 1.54) is 10.5 Å². The molecule has 0 heterocycles. The fourth-order valence-electron chi connectivity index (χ4n) is 2.45. The average Bonchev–Trinajstić information content (AvgIpc) is 2.25. The number of fused-ring (bicyclic) bond motifs is 1. The van der Waals surface area contributed by atoms with E-state index in [0.29, 0.717) is 6.42 Å². The van der Waals surface area contributed by atoms with Gasteiger partial charge < -0.3 is 10.0 Å². The van der Waals surface area contributed by atoms with Gasteiger partial charge in [0.05, 0.1) is 5.92 Å². The van der Waals surface area contributed by atoms with E-state index >= 15 is 0 Å². The van der Waals surface area contributed by atoms with Gasteiger partial charge in [0, 0.05) is 5.54 Å². The fourth-order valence-corrected chi connectivity index (χ4v) is 2.45. The number of carbonyl (C=O) groups is 2. The van der Waals surface area contributed by atoms with Gasteiger partial charge in [-0.05, 0) is 38.3 Å². The summed E-state index contributed by atoms with van der Waals surface area (Å²) in [5.41, 5.74) is 1.73. The highest BCUT2D eigenvalue weighted by atomic mass is 16.4. The Bertz CT molecular complexity index is 516. The Labute approximate surface area is 113 Å². The molecule has 2 rings (SSSR count). The van der Waals surface area contributed by atoms with Crippen LogP contribution in [0.25, 0.3) is 0 Å². The molecule has 0 saturated heterocycles. The second kappa shape index (κ2) is 4.68. The molecule has 0 fully saturated rings. The molecule has 0 saturated carbocycles. The van der Waals surface area contributed by atoms with Crippen molar-refractivity contribution in [3.8, 4) is 0 Å². The van der Waals surface area contributed by atoms with E-state index in [9.17, 15) is 9.59 Å². The number of carboxylic acids is 1. The lowest BCUT2D eigenvalue weighted by atomic mass is 9.76. The molecule has 1 aromatic rings. The molecule has 1 atom stereocenters. The number of rotatable bonds is 3. The van der Waals surface area contributed by atoms with Crippen molar-refractivity contribution in [1.29, 1.82) is 0 Å². The summed E-state index contributed by atoms with van der Waals surface area (Å²) >= 11 is 0. The molecular formula is C15H19NO3. The molecule has 4 heteroatoms. The van der Waals surface area contributed by atoms with Crippen LogP contribution in [0.2, 0.25) is 0 Å². The van der Waals surface area contributed by atoms with Crippen LogP contribution in [-0.2, 0) is 16.0 Å². The monoisotopic (exact) mass is 261 g/mol. The van der Waals surface area contributed by atoms with Gasteiger partial charge in [0.2, 0.25) is 5.91 Å². The van der Waals surface area contributed by atoms with E-state index in [0.717, 1.165) is 5.56 Å². The molecule has 0 bridgehead atoms. The summed E-state index contributed by atoms with van der Waals surface area (Å²) < 4.78 is 0. The van der Waals surface area contributed by atoms with E-state index in [4.69, 9.17) is 5.11 Å². The molecule has 0 aromatic heterocycles. The maximum Gasteiger partial charge on any atom is 0.323 e.